The Balaban J connectivity index is 5.21. The van der Waals surface area contributed by atoms with Gasteiger partial charge in [0.15, 0.2) is 4.36 Å². The van der Waals surface area contributed by atoms with E-state index in [1.165, 1.54) is 0 Å². The van der Waals surface area contributed by atoms with Gasteiger partial charge >= 0.3 is 5.70 Å². The summed E-state index contributed by atoms with van der Waals surface area (Å²) in [6.07, 6.45) is 1.57. The van der Waals surface area contributed by atoms with Gasteiger partial charge in [-0.25, -0.2) is 0 Å². The predicted molar refractivity (Wildman–Crippen MR) is 70.2 cm³/mol. The van der Waals surface area contributed by atoms with E-state index in [0.29, 0.717) is 5.75 Å². The number of hydrogen-bond acceptors (Lipinski definition) is 3. The van der Waals surface area contributed by atoms with Crippen molar-refractivity contribution in [2.75, 3.05) is 5.75 Å². The first-order valence-corrected chi connectivity index (χ1v) is 6.32. The van der Waals surface area contributed by atoms with Crippen molar-refractivity contribution < 1.29 is 4.92 Å². The Morgan fingerprint density at radius 2 is 2.07 bits per heavy atom. The highest BCUT2D eigenvalue weighted by molar-refractivity contribution is 9.12. The van der Waals surface area contributed by atoms with Crippen LogP contribution in [0.15, 0.2) is 31.7 Å². The molecule has 0 spiro atoms. The molecule has 0 aromatic carbocycles. The SMILES string of the molecule is C=CCSC(Cl)=C(C(Cl)=C(Cl)Br)[N+](=O)[O-]. The van der Waals surface area contributed by atoms with E-state index in [4.69, 9.17) is 34.8 Å². The fourth-order valence-electron chi connectivity index (χ4n) is 0.528. The molecule has 0 saturated carbocycles. The van der Waals surface area contributed by atoms with E-state index in [-0.39, 0.29) is 13.3 Å². The Labute approximate surface area is 114 Å². The van der Waals surface area contributed by atoms with Crippen molar-refractivity contribution in [1.29, 1.82) is 0 Å². The molecule has 0 aromatic heterocycles. The normalized spacial score (nSPS) is 14.1. The summed E-state index contributed by atoms with van der Waals surface area (Å²) in [4.78, 5) is 9.99. The Morgan fingerprint density at radius 1 is 1.53 bits per heavy atom. The molecule has 0 amide bonds. The third-order valence-electron chi connectivity index (χ3n) is 1.07. The van der Waals surface area contributed by atoms with Gasteiger partial charge in [0, 0.05) is 5.75 Å². The number of halogens is 4. The molecule has 15 heavy (non-hydrogen) atoms. The van der Waals surface area contributed by atoms with Gasteiger partial charge in [-0.1, -0.05) is 40.9 Å². The standard InChI is InChI=1S/C7H5BrCl3NO2S/c1-2-3-15-7(11)5(12(13)14)4(9)6(8)10/h2H,1,3H2. The lowest BCUT2D eigenvalue weighted by Gasteiger charge is -2.00. The first-order valence-electron chi connectivity index (χ1n) is 3.40. The summed E-state index contributed by atoms with van der Waals surface area (Å²) in [5.74, 6) is 0.445. The number of allylic oxidation sites excluding steroid dienone is 1. The van der Waals surface area contributed by atoms with Crippen molar-refractivity contribution in [1.82, 2.24) is 0 Å². The smallest absolute Gasteiger partial charge is 0.258 e. The highest BCUT2D eigenvalue weighted by Crippen LogP contribution is 2.34. The molecule has 0 aromatic rings. The third kappa shape index (κ3) is 5.26. The van der Waals surface area contributed by atoms with Crippen LogP contribution in [0.1, 0.15) is 0 Å². The molecule has 0 rings (SSSR count). The first-order chi connectivity index (χ1) is 6.91. The maximum Gasteiger partial charge on any atom is 0.314 e. The topological polar surface area (TPSA) is 43.1 Å². The second-order valence-corrected chi connectivity index (χ2v) is 5.69. The van der Waals surface area contributed by atoms with Crippen molar-refractivity contribution >= 4 is 62.5 Å². The predicted octanol–water partition coefficient (Wildman–Crippen LogP) is 4.63. The largest absolute Gasteiger partial charge is 0.314 e. The Morgan fingerprint density at radius 3 is 2.40 bits per heavy atom. The van der Waals surface area contributed by atoms with Crippen LogP contribution in [0.25, 0.3) is 0 Å². The van der Waals surface area contributed by atoms with Crippen LogP contribution in [0.4, 0.5) is 0 Å². The highest BCUT2D eigenvalue weighted by atomic mass is 79.9. The van der Waals surface area contributed by atoms with Gasteiger partial charge in [-0.2, -0.15) is 0 Å². The van der Waals surface area contributed by atoms with E-state index in [2.05, 4.69) is 22.5 Å². The lowest BCUT2D eigenvalue weighted by Crippen LogP contribution is -2.01. The molecular formula is C7H5BrCl3NO2S. The van der Waals surface area contributed by atoms with Gasteiger partial charge in [-0.15, -0.1) is 18.3 Å². The molecule has 0 aliphatic rings. The fraction of sp³-hybridized carbons (Fsp3) is 0.143. The quantitative estimate of drug-likeness (QED) is 0.313. The third-order valence-corrected chi connectivity index (χ3v) is 3.70. The van der Waals surface area contributed by atoms with Gasteiger partial charge in [0.25, 0.3) is 0 Å². The number of rotatable bonds is 5. The minimum Gasteiger partial charge on any atom is -0.258 e. The molecule has 8 heteroatoms. The Bertz CT molecular complexity index is 339. The van der Waals surface area contributed by atoms with E-state index in [1.54, 1.807) is 6.08 Å². The van der Waals surface area contributed by atoms with Crippen LogP contribution in [-0.2, 0) is 0 Å². The van der Waals surface area contributed by atoms with Gasteiger partial charge in [-0.3, -0.25) is 10.1 Å². The average molecular weight is 353 g/mol. The van der Waals surface area contributed by atoms with Gasteiger partial charge in [-0.05, 0) is 15.9 Å². The summed E-state index contributed by atoms with van der Waals surface area (Å²) >= 11 is 20.7. The van der Waals surface area contributed by atoms with E-state index < -0.39 is 10.6 Å². The van der Waals surface area contributed by atoms with Crippen molar-refractivity contribution in [3.05, 3.63) is 41.8 Å². The Kier molecular flexibility index (Phi) is 7.73. The maximum absolute atomic E-state index is 10.7. The van der Waals surface area contributed by atoms with Gasteiger partial charge in [0.05, 0.1) is 4.92 Å². The first kappa shape index (κ1) is 15.3. The number of nitrogens with zero attached hydrogens (tertiary/aromatic N) is 1. The molecule has 0 unspecified atom stereocenters. The van der Waals surface area contributed by atoms with E-state index >= 15 is 0 Å². The van der Waals surface area contributed by atoms with E-state index in [9.17, 15) is 10.1 Å². The summed E-state index contributed by atoms with van der Waals surface area (Å²) in [7, 11) is 0. The summed E-state index contributed by atoms with van der Waals surface area (Å²) in [5.41, 5.74) is -0.424. The Hall–Kier alpha value is 0.320. The van der Waals surface area contributed by atoms with Crippen LogP contribution in [0, 0.1) is 10.1 Å². The van der Waals surface area contributed by atoms with Crippen molar-refractivity contribution in [3.8, 4) is 0 Å². The van der Waals surface area contributed by atoms with Crippen molar-refractivity contribution in [2.45, 2.75) is 0 Å². The molecule has 0 aliphatic carbocycles. The van der Waals surface area contributed by atoms with Crippen LogP contribution in [0.5, 0.6) is 0 Å². The average Bonchev–Trinajstić information content (AvgIpc) is 2.14. The van der Waals surface area contributed by atoms with Gasteiger partial charge in [0.2, 0.25) is 0 Å². The molecule has 0 atom stereocenters. The molecular weight excluding hydrogens is 348 g/mol. The van der Waals surface area contributed by atoms with E-state index in [0.717, 1.165) is 11.8 Å². The molecule has 84 valence electrons. The van der Waals surface area contributed by atoms with Crippen molar-refractivity contribution in [2.24, 2.45) is 0 Å². The summed E-state index contributed by atoms with van der Waals surface area (Å²) < 4.78 is -0.101. The minimum atomic E-state index is -0.690. The lowest BCUT2D eigenvalue weighted by atomic mass is 10.5. The van der Waals surface area contributed by atoms with E-state index in [1.807, 2.05) is 0 Å². The molecule has 0 fully saturated rings. The van der Waals surface area contributed by atoms with Gasteiger partial charge < -0.3 is 0 Å². The summed E-state index contributed by atoms with van der Waals surface area (Å²) in [5, 5.41) is 10.4. The maximum atomic E-state index is 10.7. The molecule has 0 saturated heterocycles. The zero-order valence-corrected chi connectivity index (χ0v) is 11.8. The molecule has 0 N–H and O–H groups in total. The molecule has 0 aliphatic heterocycles. The lowest BCUT2D eigenvalue weighted by molar-refractivity contribution is -0.419. The van der Waals surface area contributed by atoms with Crippen LogP contribution in [-0.4, -0.2) is 10.7 Å². The highest BCUT2D eigenvalue weighted by Gasteiger charge is 2.23. The summed E-state index contributed by atoms with van der Waals surface area (Å²) in [6.45, 7) is 3.46. The number of thioether (sulfide) groups is 1. The minimum absolute atomic E-state index is 0.0394. The molecule has 0 bridgehead atoms. The zero-order chi connectivity index (χ0) is 12.0. The molecule has 0 radical (unpaired) electrons. The summed E-state index contributed by atoms with van der Waals surface area (Å²) in [6, 6.07) is 0. The van der Waals surface area contributed by atoms with Crippen LogP contribution >= 0.6 is 62.5 Å². The second kappa shape index (κ2) is 7.57. The van der Waals surface area contributed by atoms with Crippen LogP contribution < -0.4 is 0 Å². The zero-order valence-electron chi connectivity index (χ0n) is 7.18. The number of nitro groups is 1. The van der Waals surface area contributed by atoms with Crippen LogP contribution in [0.3, 0.4) is 0 Å². The molecule has 0 heterocycles. The monoisotopic (exact) mass is 351 g/mol. The van der Waals surface area contributed by atoms with Crippen LogP contribution in [0.2, 0.25) is 0 Å². The fourth-order valence-corrected chi connectivity index (χ4v) is 2.00. The number of hydrogen-bond donors (Lipinski definition) is 0. The second-order valence-electron chi connectivity index (χ2n) is 2.05. The molecule has 3 nitrogen and oxygen atoms in total. The van der Waals surface area contributed by atoms with Gasteiger partial charge in [0.1, 0.15) is 8.97 Å². The van der Waals surface area contributed by atoms with Crippen molar-refractivity contribution in [3.63, 3.8) is 0 Å².